The van der Waals surface area contributed by atoms with Gasteiger partial charge in [-0.3, -0.25) is 0 Å². The molecular weight excluding hydrogens is 194 g/mol. The molecule has 1 aliphatic heterocycles. The molecule has 0 bridgehead atoms. The number of nitrogens with one attached hydrogen (secondary N) is 1. The van der Waals surface area contributed by atoms with Crippen LogP contribution in [0, 0.1) is 5.92 Å². The molecular formula is C15H23N. The summed E-state index contributed by atoms with van der Waals surface area (Å²) in [6.07, 6.45) is 6.59. The van der Waals surface area contributed by atoms with Crippen molar-refractivity contribution in [3.8, 4) is 0 Å². The smallest absolute Gasteiger partial charge is 0.0374 e. The fourth-order valence-electron chi connectivity index (χ4n) is 2.49. The van der Waals surface area contributed by atoms with Crippen molar-refractivity contribution in [3.05, 3.63) is 29.8 Å². The molecule has 0 fully saturated rings. The first-order valence-corrected chi connectivity index (χ1v) is 6.60. The Morgan fingerprint density at radius 1 is 1.31 bits per heavy atom. The quantitative estimate of drug-likeness (QED) is 0.795. The maximum Gasteiger partial charge on any atom is 0.0374 e. The van der Waals surface area contributed by atoms with E-state index in [4.69, 9.17) is 0 Å². The fourth-order valence-corrected chi connectivity index (χ4v) is 2.49. The highest BCUT2D eigenvalue weighted by Gasteiger charge is 2.16. The van der Waals surface area contributed by atoms with Gasteiger partial charge in [-0.15, -0.1) is 0 Å². The number of benzene rings is 1. The van der Waals surface area contributed by atoms with Crippen LogP contribution in [-0.2, 0) is 6.42 Å². The van der Waals surface area contributed by atoms with Crippen LogP contribution >= 0.6 is 0 Å². The maximum atomic E-state index is 3.67. The zero-order valence-electron chi connectivity index (χ0n) is 10.5. The lowest BCUT2D eigenvalue weighted by Gasteiger charge is -2.27. The van der Waals surface area contributed by atoms with E-state index in [1.54, 1.807) is 0 Å². The van der Waals surface area contributed by atoms with Crippen LogP contribution in [-0.4, -0.2) is 6.04 Å². The molecule has 16 heavy (non-hydrogen) atoms. The van der Waals surface area contributed by atoms with Crippen LogP contribution in [0.3, 0.4) is 0 Å². The first-order chi connectivity index (χ1) is 7.75. The molecule has 1 unspecified atom stereocenters. The van der Waals surface area contributed by atoms with E-state index in [0.717, 1.165) is 5.92 Å². The van der Waals surface area contributed by atoms with Crippen LogP contribution in [0.1, 0.15) is 45.1 Å². The van der Waals surface area contributed by atoms with E-state index in [-0.39, 0.29) is 0 Å². The highest BCUT2D eigenvalue weighted by atomic mass is 14.9. The van der Waals surface area contributed by atoms with Crippen molar-refractivity contribution in [2.24, 2.45) is 5.92 Å². The van der Waals surface area contributed by atoms with Gasteiger partial charge in [-0.1, -0.05) is 44.9 Å². The third-order valence-corrected chi connectivity index (χ3v) is 3.47. The van der Waals surface area contributed by atoms with Crippen molar-refractivity contribution in [1.29, 1.82) is 0 Å². The second-order valence-electron chi connectivity index (χ2n) is 5.36. The zero-order chi connectivity index (χ0) is 11.4. The predicted octanol–water partition coefficient (Wildman–Crippen LogP) is 4.24. The van der Waals surface area contributed by atoms with Crippen molar-refractivity contribution in [3.63, 3.8) is 0 Å². The molecule has 1 atom stereocenters. The minimum absolute atomic E-state index is 0.702. The van der Waals surface area contributed by atoms with Gasteiger partial charge in [-0.2, -0.15) is 0 Å². The van der Waals surface area contributed by atoms with E-state index in [9.17, 15) is 0 Å². The normalized spacial score (nSPS) is 19.3. The zero-order valence-corrected chi connectivity index (χ0v) is 10.5. The number of para-hydroxylation sites is 1. The molecule has 1 heteroatoms. The molecule has 1 aromatic carbocycles. The van der Waals surface area contributed by atoms with Crippen LogP contribution in [0.2, 0.25) is 0 Å². The molecule has 1 aromatic rings. The summed E-state index contributed by atoms with van der Waals surface area (Å²) < 4.78 is 0. The second-order valence-corrected chi connectivity index (χ2v) is 5.36. The van der Waals surface area contributed by atoms with E-state index in [2.05, 4.69) is 43.4 Å². The lowest BCUT2D eigenvalue weighted by molar-refractivity contribution is 0.492. The molecule has 0 aromatic heterocycles. The lowest BCUT2D eigenvalue weighted by Crippen LogP contribution is -2.25. The minimum atomic E-state index is 0.702. The Labute approximate surface area is 99.3 Å². The topological polar surface area (TPSA) is 12.0 Å². The fraction of sp³-hybridized carbons (Fsp3) is 0.600. The highest BCUT2D eigenvalue weighted by Crippen LogP contribution is 2.26. The molecule has 0 radical (unpaired) electrons. The minimum Gasteiger partial charge on any atom is -0.382 e. The molecule has 1 aliphatic rings. The third kappa shape index (κ3) is 3.01. The average molecular weight is 217 g/mol. The van der Waals surface area contributed by atoms with Gasteiger partial charge >= 0.3 is 0 Å². The summed E-state index contributed by atoms with van der Waals surface area (Å²) in [5, 5.41) is 3.67. The summed E-state index contributed by atoms with van der Waals surface area (Å²) in [6, 6.07) is 9.42. The van der Waals surface area contributed by atoms with Crippen molar-refractivity contribution in [2.45, 2.75) is 52.0 Å². The molecule has 2 rings (SSSR count). The Hall–Kier alpha value is -0.980. The van der Waals surface area contributed by atoms with Crippen LogP contribution < -0.4 is 5.32 Å². The van der Waals surface area contributed by atoms with E-state index in [1.807, 2.05) is 0 Å². The van der Waals surface area contributed by atoms with Crippen LogP contribution in [0.4, 0.5) is 5.69 Å². The summed E-state index contributed by atoms with van der Waals surface area (Å²) >= 11 is 0. The summed E-state index contributed by atoms with van der Waals surface area (Å²) in [7, 11) is 0. The lowest BCUT2D eigenvalue weighted by atomic mass is 9.94. The van der Waals surface area contributed by atoms with Crippen molar-refractivity contribution >= 4 is 5.69 Å². The Bertz CT molecular complexity index is 330. The summed E-state index contributed by atoms with van der Waals surface area (Å²) in [4.78, 5) is 0. The monoisotopic (exact) mass is 217 g/mol. The number of hydrogen-bond donors (Lipinski definition) is 1. The van der Waals surface area contributed by atoms with Gasteiger partial charge in [0.05, 0.1) is 0 Å². The number of aryl methyl sites for hydroxylation is 1. The van der Waals surface area contributed by atoms with Gasteiger partial charge in [0.25, 0.3) is 0 Å². The van der Waals surface area contributed by atoms with Crippen molar-refractivity contribution in [2.75, 3.05) is 5.32 Å². The molecule has 1 N–H and O–H groups in total. The predicted molar refractivity (Wildman–Crippen MR) is 70.9 cm³/mol. The Morgan fingerprint density at radius 2 is 2.12 bits per heavy atom. The van der Waals surface area contributed by atoms with Crippen LogP contribution in [0.5, 0.6) is 0 Å². The SMILES string of the molecule is CC(C)CCCC1CCc2ccccc2N1. The maximum absolute atomic E-state index is 3.67. The number of hydrogen-bond acceptors (Lipinski definition) is 1. The van der Waals surface area contributed by atoms with Gasteiger partial charge in [0.15, 0.2) is 0 Å². The Balaban J connectivity index is 1.83. The largest absolute Gasteiger partial charge is 0.382 e. The summed E-state index contributed by atoms with van der Waals surface area (Å²) in [5.74, 6) is 0.843. The first kappa shape index (κ1) is 11.5. The molecule has 0 amide bonds. The Morgan fingerprint density at radius 3 is 2.94 bits per heavy atom. The van der Waals surface area contributed by atoms with Crippen molar-refractivity contribution < 1.29 is 0 Å². The Kier molecular flexibility index (Phi) is 3.87. The first-order valence-electron chi connectivity index (χ1n) is 6.60. The third-order valence-electron chi connectivity index (χ3n) is 3.47. The van der Waals surface area contributed by atoms with Gasteiger partial charge in [-0.05, 0) is 36.8 Å². The number of fused-ring (bicyclic) bond motifs is 1. The molecule has 0 saturated heterocycles. The van der Waals surface area contributed by atoms with E-state index in [0.29, 0.717) is 6.04 Å². The molecule has 1 heterocycles. The van der Waals surface area contributed by atoms with E-state index >= 15 is 0 Å². The van der Waals surface area contributed by atoms with Crippen molar-refractivity contribution in [1.82, 2.24) is 0 Å². The second kappa shape index (κ2) is 5.38. The molecule has 0 saturated carbocycles. The van der Waals surface area contributed by atoms with Gasteiger partial charge < -0.3 is 5.32 Å². The molecule has 0 aliphatic carbocycles. The van der Waals surface area contributed by atoms with Crippen LogP contribution in [0.15, 0.2) is 24.3 Å². The molecule has 88 valence electrons. The van der Waals surface area contributed by atoms with Gasteiger partial charge in [0.1, 0.15) is 0 Å². The van der Waals surface area contributed by atoms with Gasteiger partial charge in [-0.25, -0.2) is 0 Å². The van der Waals surface area contributed by atoms with E-state index in [1.165, 1.54) is 43.4 Å². The summed E-state index contributed by atoms with van der Waals surface area (Å²) in [5.41, 5.74) is 2.85. The van der Waals surface area contributed by atoms with E-state index < -0.39 is 0 Å². The van der Waals surface area contributed by atoms with Gasteiger partial charge in [0, 0.05) is 11.7 Å². The van der Waals surface area contributed by atoms with Gasteiger partial charge in [0.2, 0.25) is 0 Å². The molecule has 1 nitrogen and oxygen atoms in total. The number of rotatable bonds is 4. The average Bonchev–Trinajstić information content (AvgIpc) is 2.28. The standard InChI is InChI=1S/C15H23N/c1-12(2)6-5-8-14-11-10-13-7-3-4-9-15(13)16-14/h3-4,7,9,12,14,16H,5-6,8,10-11H2,1-2H3. The summed E-state index contributed by atoms with van der Waals surface area (Å²) in [6.45, 7) is 4.62. The van der Waals surface area contributed by atoms with Crippen LogP contribution in [0.25, 0.3) is 0 Å². The highest BCUT2D eigenvalue weighted by molar-refractivity contribution is 5.53. The number of anilines is 1. The molecule has 0 spiro atoms.